The molecule has 426 valence electrons. The Morgan fingerprint density at radius 3 is 1.32 bits per heavy atom. The van der Waals surface area contributed by atoms with Crippen LogP contribution in [0.2, 0.25) is 0 Å². The fraction of sp³-hybridized carbons (Fsp3) is 0.509. The Kier molecular flexibility index (Phi) is 23.1. The second kappa shape index (κ2) is 28.7. The highest BCUT2D eigenvalue weighted by Crippen LogP contribution is 2.31. The first-order chi connectivity index (χ1) is 36.4. The van der Waals surface area contributed by atoms with Gasteiger partial charge in [0.15, 0.2) is 11.2 Å². The lowest BCUT2D eigenvalue weighted by Crippen LogP contribution is -2.47. The van der Waals surface area contributed by atoms with E-state index in [1.165, 1.54) is 0 Å². The number of hydrogen-bond acceptors (Lipinski definition) is 19. The molecule has 4 atom stereocenters. The third kappa shape index (κ3) is 24.1. The Morgan fingerprint density at radius 2 is 0.923 bits per heavy atom. The number of aliphatic hydroxyl groups is 2. The second-order valence-corrected chi connectivity index (χ2v) is 22.0. The number of hydrogen-bond donors (Lipinski definition) is 7. The smallest absolute Gasteiger partial charge is 0.414 e. The van der Waals surface area contributed by atoms with Crippen LogP contribution >= 0.6 is 0 Å². The van der Waals surface area contributed by atoms with E-state index in [0.717, 1.165) is 5.56 Å². The number of carbonyl (C=O) groups is 5. The first kappa shape index (κ1) is 62.9. The SMILES string of the molecule is CC(C)(C)OC(=O)NC(=NCCC[C@H](CC(=O)OCc1ccccc1)C(O)c1nc2ccccc2o1)NC(=O)OC(C)(C)C.CC(C)(C)OC(=O)NC(=NCCC[C@H](N)C(O)c1nc2ccccc2o1)NC(=O)OC(C)(C)C. The third-order valence-electron chi connectivity index (χ3n) is 10.1. The van der Waals surface area contributed by atoms with Gasteiger partial charge in [-0.05, 0) is 139 Å². The third-order valence-corrected chi connectivity index (χ3v) is 10.1. The number of guanidine groups is 2. The number of esters is 1. The molecule has 5 rings (SSSR count). The summed E-state index contributed by atoms with van der Waals surface area (Å²) in [4.78, 5) is 79.0. The van der Waals surface area contributed by atoms with E-state index in [0.29, 0.717) is 47.9 Å². The minimum atomic E-state index is -1.20. The van der Waals surface area contributed by atoms with E-state index in [9.17, 15) is 34.2 Å². The molecule has 5 aromatic rings. The van der Waals surface area contributed by atoms with Gasteiger partial charge in [0.05, 0.1) is 6.42 Å². The van der Waals surface area contributed by atoms with Crippen LogP contribution in [0.1, 0.15) is 145 Å². The average molecular weight is 1090 g/mol. The van der Waals surface area contributed by atoms with Crippen molar-refractivity contribution in [1.82, 2.24) is 31.2 Å². The maximum absolute atomic E-state index is 12.8. The molecule has 0 fully saturated rings. The number of alkyl carbamates (subject to hydrolysis) is 4. The lowest BCUT2D eigenvalue weighted by atomic mass is 9.93. The molecule has 8 N–H and O–H groups in total. The van der Waals surface area contributed by atoms with Crippen molar-refractivity contribution in [1.29, 1.82) is 0 Å². The van der Waals surface area contributed by atoms with Gasteiger partial charge in [0, 0.05) is 25.0 Å². The number of oxazole rings is 2. The van der Waals surface area contributed by atoms with Crippen LogP contribution < -0.4 is 27.0 Å². The number of aromatic nitrogens is 2. The number of carbonyl (C=O) groups excluding carboxylic acids is 5. The largest absolute Gasteiger partial charge is 0.461 e. The van der Waals surface area contributed by atoms with Crippen LogP contribution in [-0.4, -0.2) is 104 Å². The summed E-state index contributed by atoms with van der Waals surface area (Å²) in [6, 6.07) is 22.9. The highest BCUT2D eigenvalue weighted by molar-refractivity contribution is 6.02. The summed E-state index contributed by atoms with van der Waals surface area (Å²) in [6.45, 7) is 21.0. The predicted molar refractivity (Wildman–Crippen MR) is 291 cm³/mol. The first-order valence-corrected chi connectivity index (χ1v) is 25.5. The van der Waals surface area contributed by atoms with Gasteiger partial charge in [0.1, 0.15) is 52.3 Å². The molecule has 3 aromatic carbocycles. The number of para-hydroxylation sites is 4. The van der Waals surface area contributed by atoms with E-state index in [2.05, 4.69) is 41.2 Å². The van der Waals surface area contributed by atoms with Crippen LogP contribution in [0.3, 0.4) is 0 Å². The standard InChI is InChI=1S/C32H42N4O8.C23H35N5O6/c1-31(2,3)43-29(39)35-28(36-30(40)44-32(4,5)6)33-18-12-15-22(19-25(37)41-20-21-13-8-7-9-14-21)26(38)27-34-23-16-10-11-17-24(23)42-27;1-22(2,3)33-20(30)27-19(28-21(31)34-23(4,5)6)25-13-9-10-14(24)17(29)18-26-15-11-7-8-12-16(15)32-18/h7-11,13-14,16-17,22,26,38H,12,15,18-20H2,1-6H3,(H2,33,35,36,39,40);7-8,11-12,14,17,29H,9-10,13,24H2,1-6H3,(H2,25,27,28,30,31)/t22-,26?;14-,17?/m10/s1. The predicted octanol–water partition coefficient (Wildman–Crippen LogP) is 9.17. The zero-order chi connectivity index (χ0) is 57.8. The molecule has 23 heteroatoms. The molecule has 0 saturated carbocycles. The molecule has 0 aliphatic rings. The van der Waals surface area contributed by atoms with Crippen molar-refractivity contribution in [3.63, 3.8) is 0 Å². The zero-order valence-corrected chi connectivity index (χ0v) is 46.6. The fourth-order valence-electron chi connectivity index (χ4n) is 6.84. The van der Waals surface area contributed by atoms with Crippen molar-refractivity contribution in [2.75, 3.05) is 13.1 Å². The minimum Gasteiger partial charge on any atom is -0.461 e. The molecule has 0 aliphatic carbocycles. The Bertz CT molecular complexity index is 2670. The van der Waals surface area contributed by atoms with Crippen LogP contribution in [-0.2, 0) is 35.1 Å². The van der Waals surface area contributed by atoms with Crippen molar-refractivity contribution < 1.29 is 66.7 Å². The Hall–Kier alpha value is -7.63. The van der Waals surface area contributed by atoms with Gasteiger partial charge in [0.25, 0.3) is 0 Å². The molecule has 0 spiro atoms. The number of nitrogens with one attached hydrogen (secondary N) is 4. The highest BCUT2D eigenvalue weighted by Gasteiger charge is 2.29. The monoisotopic (exact) mass is 1090 g/mol. The maximum atomic E-state index is 12.8. The summed E-state index contributed by atoms with van der Waals surface area (Å²) >= 11 is 0. The Labute approximate surface area is 454 Å². The summed E-state index contributed by atoms with van der Waals surface area (Å²) in [6.07, 6.45) is -4.03. The van der Waals surface area contributed by atoms with E-state index >= 15 is 0 Å². The molecule has 2 heterocycles. The lowest BCUT2D eigenvalue weighted by molar-refractivity contribution is -0.147. The van der Waals surface area contributed by atoms with Crippen molar-refractivity contribution >= 4 is 64.5 Å². The van der Waals surface area contributed by atoms with Crippen molar-refractivity contribution in [2.24, 2.45) is 21.6 Å². The summed E-state index contributed by atoms with van der Waals surface area (Å²) in [5.74, 6) is -1.15. The van der Waals surface area contributed by atoms with E-state index in [4.69, 9.17) is 38.3 Å². The average Bonchev–Trinajstić information content (AvgIpc) is 3.96. The summed E-state index contributed by atoms with van der Waals surface area (Å²) < 4.78 is 37.8. The number of aliphatic hydroxyl groups excluding tert-OH is 2. The number of nitrogens with zero attached hydrogens (tertiary/aromatic N) is 4. The van der Waals surface area contributed by atoms with E-state index in [-0.39, 0.29) is 49.8 Å². The van der Waals surface area contributed by atoms with Gasteiger partial charge in [-0.3, -0.25) is 36.0 Å². The summed E-state index contributed by atoms with van der Waals surface area (Å²) in [5, 5.41) is 31.4. The van der Waals surface area contributed by atoms with Crippen molar-refractivity contribution in [2.45, 2.75) is 162 Å². The van der Waals surface area contributed by atoms with Gasteiger partial charge in [-0.15, -0.1) is 0 Å². The molecule has 78 heavy (non-hydrogen) atoms. The van der Waals surface area contributed by atoms with Crippen LogP contribution in [0, 0.1) is 5.92 Å². The number of ether oxygens (including phenoxy) is 5. The number of nitrogens with two attached hydrogens (primary N) is 1. The second-order valence-electron chi connectivity index (χ2n) is 22.0. The van der Waals surface area contributed by atoms with Crippen molar-refractivity contribution in [3.05, 3.63) is 96.2 Å². The van der Waals surface area contributed by atoms with Gasteiger partial charge in [-0.2, -0.15) is 0 Å². The molecule has 4 amide bonds. The zero-order valence-electron chi connectivity index (χ0n) is 46.6. The van der Waals surface area contributed by atoms with Crippen LogP contribution in [0.15, 0.2) is 97.7 Å². The summed E-state index contributed by atoms with van der Waals surface area (Å²) in [5.41, 5.74) is 6.26. The van der Waals surface area contributed by atoms with Gasteiger partial charge < -0.3 is 48.5 Å². The van der Waals surface area contributed by atoms with E-state index < -0.39 is 76.9 Å². The molecule has 2 unspecified atom stereocenters. The van der Waals surface area contributed by atoms with Gasteiger partial charge in [0.2, 0.25) is 23.7 Å². The number of benzene rings is 3. The number of fused-ring (bicyclic) bond motifs is 2. The maximum Gasteiger partial charge on any atom is 0.414 e. The molecule has 0 radical (unpaired) electrons. The fourth-order valence-corrected chi connectivity index (χ4v) is 6.84. The molecule has 2 aromatic heterocycles. The molecule has 0 saturated heterocycles. The number of amides is 4. The normalized spacial score (nSPS) is 13.3. The molecular weight excluding hydrogens is 1010 g/mol. The van der Waals surface area contributed by atoms with E-state index in [1.807, 2.05) is 48.5 Å². The highest BCUT2D eigenvalue weighted by atomic mass is 16.6. The van der Waals surface area contributed by atoms with Gasteiger partial charge in [-0.1, -0.05) is 54.6 Å². The molecule has 0 aliphatic heterocycles. The van der Waals surface area contributed by atoms with Crippen LogP contribution in [0.4, 0.5) is 19.2 Å². The lowest BCUT2D eigenvalue weighted by Gasteiger charge is -2.22. The Morgan fingerprint density at radius 1 is 0.551 bits per heavy atom. The molecule has 23 nitrogen and oxygen atoms in total. The molecule has 0 bridgehead atoms. The van der Waals surface area contributed by atoms with Crippen LogP contribution in [0.25, 0.3) is 22.2 Å². The molecular formula is C55H77N9O14. The minimum absolute atomic E-state index is 0.0921. The van der Waals surface area contributed by atoms with Gasteiger partial charge in [-0.25, -0.2) is 29.1 Å². The Balaban J connectivity index is 0.000000348. The van der Waals surface area contributed by atoms with E-state index in [1.54, 1.807) is 113 Å². The quantitative estimate of drug-likeness (QED) is 0.0159. The van der Waals surface area contributed by atoms with Gasteiger partial charge >= 0.3 is 30.3 Å². The van der Waals surface area contributed by atoms with Crippen molar-refractivity contribution in [3.8, 4) is 0 Å². The number of aliphatic imine (C=N–C) groups is 2. The number of rotatable bonds is 16. The first-order valence-electron chi connectivity index (χ1n) is 25.5. The van der Waals surface area contributed by atoms with Crippen LogP contribution in [0.5, 0.6) is 0 Å². The summed E-state index contributed by atoms with van der Waals surface area (Å²) in [7, 11) is 0. The topological polar surface area (TPSA) is 323 Å².